The maximum atomic E-state index is 12.6. The molecule has 2 aromatic heterocycles. The predicted octanol–water partition coefficient (Wildman–Crippen LogP) is 3.87. The topological polar surface area (TPSA) is 116 Å². The number of carbonyl (C=O) groups is 3. The number of fused-ring (bicyclic) bond motifs is 2. The van der Waals surface area contributed by atoms with E-state index in [2.05, 4.69) is 10.2 Å². The highest BCUT2D eigenvalue weighted by atomic mass is 32.2. The Balaban J connectivity index is 1.17. The van der Waals surface area contributed by atoms with Crippen molar-refractivity contribution in [2.24, 2.45) is 5.92 Å². The van der Waals surface area contributed by atoms with Gasteiger partial charge in [0, 0.05) is 5.39 Å². The number of aromatic nitrogens is 2. The standard InChI is InChI=1S/C24H16N2O6S3/c27-17(15-9-13-5-1-3-7-19(13)31-21(15)29)11-33-23-25-26-24(35-23)34-12-18(28)16-10-14-6-2-4-8-20(14)32-22(16)30/h1-10,15,19H,11-12H2/t15-,19-/m1/s1. The number of hydrogen-bond acceptors (Lipinski definition) is 11. The van der Waals surface area contributed by atoms with E-state index in [-0.39, 0.29) is 28.6 Å². The Morgan fingerprint density at radius 1 is 1.03 bits per heavy atom. The van der Waals surface area contributed by atoms with Crippen molar-refractivity contribution in [3.63, 3.8) is 0 Å². The summed E-state index contributed by atoms with van der Waals surface area (Å²) in [7, 11) is 0. The highest BCUT2D eigenvalue weighted by Crippen LogP contribution is 2.31. The lowest BCUT2D eigenvalue weighted by Crippen LogP contribution is -2.34. The zero-order valence-corrected chi connectivity index (χ0v) is 20.4. The van der Waals surface area contributed by atoms with Crippen LogP contribution in [0.3, 0.4) is 0 Å². The quantitative estimate of drug-likeness (QED) is 0.141. The molecule has 2 atom stereocenters. The number of Topliss-reactive ketones (excluding diaryl/α,β-unsaturated/α-hetero) is 2. The number of hydrogen-bond donors (Lipinski definition) is 0. The first-order chi connectivity index (χ1) is 17.0. The van der Waals surface area contributed by atoms with Gasteiger partial charge in [-0.1, -0.05) is 77.4 Å². The number of benzene rings is 1. The molecule has 1 aromatic carbocycles. The van der Waals surface area contributed by atoms with Crippen molar-refractivity contribution in [1.29, 1.82) is 0 Å². The van der Waals surface area contributed by atoms with Gasteiger partial charge in [-0.05, 0) is 23.8 Å². The number of ether oxygens (including phenoxy) is 1. The summed E-state index contributed by atoms with van der Waals surface area (Å²) < 4.78 is 11.6. The number of thioether (sulfide) groups is 2. The molecule has 8 nitrogen and oxygen atoms in total. The average Bonchev–Trinajstić information content (AvgIpc) is 3.33. The van der Waals surface area contributed by atoms with E-state index in [1.165, 1.54) is 29.2 Å². The molecule has 35 heavy (non-hydrogen) atoms. The summed E-state index contributed by atoms with van der Waals surface area (Å²) in [5.74, 6) is -2.14. The number of ketones is 2. The number of carbonyl (C=O) groups excluding carboxylic acids is 3. The minimum absolute atomic E-state index is 0.00799. The van der Waals surface area contributed by atoms with Crippen LogP contribution in [0, 0.1) is 5.92 Å². The highest BCUT2D eigenvalue weighted by molar-refractivity contribution is 8.03. The van der Waals surface area contributed by atoms with Crippen LogP contribution in [0.4, 0.5) is 0 Å². The van der Waals surface area contributed by atoms with Crippen LogP contribution in [0.15, 0.2) is 84.2 Å². The van der Waals surface area contributed by atoms with Gasteiger partial charge in [0.15, 0.2) is 20.2 Å². The van der Waals surface area contributed by atoms with Gasteiger partial charge in [0.1, 0.15) is 23.2 Å². The SMILES string of the molecule is O=C(CSc1nnc(SCC(=O)[C@H]2C=C3C=CC=C[C@H]3OC2=O)s1)c1cc2ccccc2oc1=O. The predicted molar refractivity (Wildman–Crippen MR) is 133 cm³/mol. The number of rotatable bonds is 8. The zero-order chi connectivity index (χ0) is 24.4. The first-order valence-corrected chi connectivity index (χ1v) is 13.2. The molecule has 3 heterocycles. The molecule has 0 bridgehead atoms. The number of nitrogens with zero attached hydrogens (tertiary/aromatic N) is 2. The van der Waals surface area contributed by atoms with Crippen molar-refractivity contribution in [3.05, 3.63) is 82.3 Å². The number of para-hydroxylation sites is 1. The van der Waals surface area contributed by atoms with Crippen LogP contribution in [0.5, 0.6) is 0 Å². The Kier molecular flexibility index (Phi) is 6.80. The van der Waals surface area contributed by atoms with E-state index in [1.807, 2.05) is 12.2 Å². The highest BCUT2D eigenvalue weighted by Gasteiger charge is 2.34. The monoisotopic (exact) mass is 524 g/mol. The molecule has 0 N–H and O–H groups in total. The molecule has 0 spiro atoms. The van der Waals surface area contributed by atoms with Gasteiger partial charge in [-0.3, -0.25) is 14.4 Å². The lowest BCUT2D eigenvalue weighted by molar-refractivity contribution is -0.152. The smallest absolute Gasteiger partial charge is 0.347 e. The lowest BCUT2D eigenvalue weighted by atomic mass is 9.93. The molecule has 2 aliphatic rings. The first kappa shape index (κ1) is 23.5. The summed E-state index contributed by atoms with van der Waals surface area (Å²) in [5.41, 5.74) is 0.519. The zero-order valence-electron chi connectivity index (χ0n) is 17.9. The molecule has 176 valence electrons. The normalized spacial score (nSPS) is 18.7. The fourth-order valence-corrected chi connectivity index (χ4v) is 6.30. The van der Waals surface area contributed by atoms with Gasteiger partial charge in [0.05, 0.1) is 11.5 Å². The maximum absolute atomic E-state index is 12.6. The summed E-state index contributed by atoms with van der Waals surface area (Å²) in [5, 5.41) is 8.75. The molecular weight excluding hydrogens is 508 g/mol. The number of allylic oxidation sites excluding steroid dienone is 2. The van der Waals surface area contributed by atoms with Gasteiger partial charge in [-0.25, -0.2) is 4.79 Å². The van der Waals surface area contributed by atoms with Crippen molar-refractivity contribution >= 4 is 63.4 Å². The van der Waals surface area contributed by atoms with Crippen LogP contribution in [-0.4, -0.2) is 45.3 Å². The minimum Gasteiger partial charge on any atom is -0.452 e. The van der Waals surface area contributed by atoms with Crippen LogP contribution in [0.2, 0.25) is 0 Å². The molecule has 0 saturated carbocycles. The minimum atomic E-state index is -0.946. The second kappa shape index (κ2) is 10.1. The first-order valence-electron chi connectivity index (χ1n) is 10.4. The summed E-state index contributed by atoms with van der Waals surface area (Å²) in [6.45, 7) is 0. The molecule has 11 heteroatoms. The molecule has 1 aliphatic heterocycles. The summed E-state index contributed by atoms with van der Waals surface area (Å²) >= 11 is 3.55. The summed E-state index contributed by atoms with van der Waals surface area (Å²) in [4.78, 5) is 49.6. The van der Waals surface area contributed by atoms with Crippen LogP contribution in [0.25, 0.3) is 11.0 Å². The van der Waals surface area contributed by atoms with Crippen molar-refractivity contribution in [2.45, 2.75) is 14.8 Å². The van der Waals surface area contributed by atoms with Gasteiger partial charge in [-0.15, -0.1) is 10.2 Å². The fourth-order valence-electron chi connectivity index (χ4n) is 3.48. The Bertz CT molecular complexity index is 1490. The van der Waals surface area contributed by atoms with Gasteiger partial charge >= 0.3 is 11.6 Å². The van der Waals surface area contributed by atoms with E-state index < -0.39 is 23.6 Å². The fraction of sp³-hybridized carbons (Fsp3) is 0.167. The van der Waals surface area contributed by atoms with E-state index >= 15 is 0 Å². The summed E-state index contributed by atoms with van der Waals surface area (Å²) in [6, 6.07) is 8.51. The molecule has 5 rings (SSSR count). The molecule has 0 radical (unpaired) electrons. The average molecular weight is 525 g/mol. The summed E-state index contributed by atoms with van der Waals surface area (Å²) in [6.07, 6.45) is 8.42. The van der Waals surface area contributed by atoms with Gasteiger partial charge in [-0.2, -0.15) is 0 Å². The third-order valence-corrected chi connectivity index (χ3v) is 8.42. The maximum Gasteiger partial charge on any atom is 0.347 e. The van der Waals surface area contributed by atoms with Crippen molar-refractivity contribution in [1.82, 2.24) is 10.2 Å². The molecule has 3 aromatic rings. The van der Waals surface area contributed by atoms with Crippen LogP contribution in [0.1, 0.15) is 10.4 Å². The Morgan fingerprint density at radius 3 is 2.63 bits per heavy atom. The molecular formula is C24H16N2O6S3. The van der Waals surface area contributed by atoms with E-state index in [9.17, 15) is 19.2 Å². The lowest BCUT2D eigenvalue weighted by Gasteiger charge is -2.25. The van der Waals surface area contributed by atoms with Gasteiger partial charge in [0.25, 0.3) is 0 Å². The van der Waals surface area contributed by atoms with E-state index in [0.717, 1.165) is 17.3 Å². The van der Waals surface area contributed by atoms with E-state index in [4.69, 9.17) is 9.15 Å². The molecule has 0 amide bonds. The second-order valence-electron chi connectivity index (χ2n) is 7.53. The van der Waals surface area contributed by atoms with Gasteiger partial charge < -0.3 is 9.15 Å². The molecule has 1 aliphatic carbocycles. The van der Waals surface area contributed by atoms with Crippen LogP contribution < -0.4 is 5.63 Å². The van der Waals surface area contributed by atoms with Crippen LogP contribution in [-0.2, 0) is 14.3 Å². The number of esters is 1. The Morgan fingerprint density at radius 2 is 1.80 bits per heavy atom. The van der Waals surface area contributed by atoms with E-state index in [1.54, 1.807) is 42.5 Å². The van der Waals surface area contributed by atoms with E-state index in [0.29, 0.717) is 19.6 Å². The largest absolute Gasteiger partial charge is 0.452 e. The van der Waals surface area contributed by atoms with Crippen molar-refractivity contribution < 1.29 is 23.5 Å². The second-order valence-corrected chi connectivity index (χ2v) is 11.0. The van der Waals surface area contributed by atoms with Crippen molar-refractivity contribution in [3.8, 4) is 0 Å². The van der Waals surface area contributed by atoms with Gasteiger partial charge in [0.2, 0.25) is 0 Å². The third-order valence-electron chi connectivity index (χ3n) is 5.21. The van der Waals surface area contributed by atoms with Crippen molar-refractivity contribution in [2.75, 3.05) is 11.5 Å². The Hall–Kier alpha value is -3.28. The molecule has 0 saturated heterocycles. The molecule has 0 unspecified atom stereocenters. The molecule has 0 fully saturated rings. The van der Waals surface area contributed by atoms with Crippen LogP contribution >= 0.6 is 34.9 Å². The Labute approximate surface area is 211 Å². The third kappa shape index (κ3) is 5.21.